The van der Waals surface area contributed by atoms with E-state index >= 15 is 0 Å². The molecule has 0 spiro atoms. The Hall–Kier alpha value is -4.11. The highest BCUT2D eigenvalue weighted by atomic mass is 16.5. The minimum atomic E-state index is 0.445. The summed E-state index contributed by atoms with van der Waals surface area (Å²) >= 11 is 0. The van der Waals surface area contributed by atoms with E-state index < -0.39 is 0 Å². The van der Waals surface area contributed by atoms with Crippen LogP contribution in [-0.2, 0) is 0 Å². The van der Waals surface area contributed by atoms with Crippen LogP contribution in [0.15, 0.2) is 67.0 Å². The average Bonchev–Trinajstić information content (AvgIpc) is 2.78. The molecule has 0 aliphatic carbocycles. The molecule has 2 aromatic heterocycles. The van der Waals surface area contributed by atoms with E-state index in [0.29, 0.717) is 28.4 Å². The average molecular weight is 382 g/mol. The van der Waals surface area contributed by atoms with Gasteiger partial charge in [0.05, 0.1) is 31.1 Å². The molecule has 4 aromatic rings. The van der Waals surface area contributed by atoms with E-state index in [9.17, 15) is 5.26 Å². The van der Waals surface area contributed by atoms with Gasteiger partial charge in [-0.2, -0.15) is 5.26 Å². The van der Waals surface area contributed by atoms with Crippen molar-refractivity contribution in [1.82, 2.24) is 9.97 Å². The number of hydrogen-bond donors (Lipinski definition) is 1. The SMILES string of the molecule is COc1ccc(-c2nccc(Nc3cccc4ncccc34)c2C#N)cc1OC. The second kappa shape index (κ2) is 7.87. The van der Waals surface area contributed by atoms with Gasteiger partial charge in [-0.1, -0.05) is 6.07 Å². The summed E-state index contributed by atoms with van der Waals surface area (Å²) in [6, 6.07) is 19.3. The molecule has 4 rings (SSSR count). The first-order valence-corrected chi connectivity index (χ1v) is 8.97. The van der Waals surface area contributed by atoms with Gasteiger partial charge in [0.2, 0.25) is 0 Å². The van der Waals surface area contributed by atoms with Gasteiger partial charge >= 0.3 is 0 Å². The van der Waals surface area contributed by atoms with E-state index in [2.05, 4.69) is 21.4 Å². The first kappa shape index (κ1) is 18.3. The standard InChI is InChI=1S/C23H18N4O2/c1-28-21-9-8-15(13-22(21)29-2)23-17(14-24)20(10-12-26-23)27-19-7-3-6-18-16(19)5-4-11-25-18/h3-13H,1-2H3,(H,26,27). The van der Waals surface area contributed by atoms with Gasteiger partial charge < -0.3 is 14.8 Å². The maximum atomic E-state index is 9.88. The third-order valence-electron chi connectivity index (χ3n) is 4.63. The summed E-state index contributed by atoms with van der Waals surface area (Å²) < 4.78 is 10.7. The Kier molecular flexibility index (Phi) is 4.95. The number of anilines is 2. The Balaban J connectivity index is 1.80. The Morgan fingerprint density at radius 2 is 1.72 bits per heavy atom. The molecule has 0 fully saturated rings. The van der Waals surface area contributed by atoms with E-state index in [4.69, 9.17) is 9.47 Å². The van der Waals surface area contributed by atoms with Crippen molar-refractivity contribution < 1.29 is 9.47 Å². The van der Waals surface area contributed by atoms with Crippen molar-refractivity contribution in [1.29, 1.82) is 5.26 Å². The fourth-order valence-corrected chi connectivity index (χ4v) is 3.24. The molecule has 1 N–H and O–H groups in total. The number of pyridine rings is 2. The highest BCUT2D eigenvalue weighted by Crippen LogP contribution is 2.35. The number of nitrogens with one attached hydrogen (secondary N) is 1. The molecule has 0 radical (unpaired) electrons. The van der Waals surface area contributed by atoms with E-state index in [1.807, 2.05) is 42.5 Å². The van der Waals surface area contributed by atoms with Crippen molar-refractivity contribution in [3.63, 3.8) is 0 Å². The summed E-state index contributed by atoms with van der Waals surface area (Å²) in [5, 5.41) is 14.2. The zero-order valence-electron chi connectivity index (χ0n) is 16.0. The van der Waals surface area contributed by atoms with Crippen LogP contribution in [0.25, 0.3) is 22.2 Å². The molecular formula is C23H18N4O2. The van der Waals surface area contributed by atoms with Gasteiger partial charge in [0.15, 0.2) is 11.5 Å². The van der Waals surface area contributed by atoms with Crippen molar-refractivity contribution in [2.45, 2.75) is 0 Å². The topological polar surface area (TPSA) is 80.1 Å². The van der Waals surface area contributed by atoms with Crippen LogP contribution in [0, 0.1) is 11.3 Å². The van der Waals surface area contributed by atoms with Crippen LogP contribution in [0.3, 0.4) is 0 Å². The van der Waals surface area contributed by atoms with Crippen molar-refractivity contribution >= 4 is 22.3 Å². The monoisotopic (exact) mass is 382 g/mol. The van der Waals surface area contributed by atoms with Crippen molar-refractivity contribution in [2.75, 3.05) is 19.5 Å². The molecule has 142 valence electrons. The number of nitrogens with zero attached hydrogens (tertiary/aromatic N) is 3. The number of hydrogen-bond acceptors (Lipinski definition) is 6. The Bertz CT molecular complexity index is 1230. The number of fused-ring (bicyclic) bond motifs is 1. The van der Waals surface area contributed by atoms with Gasteiger partial charge in [-0.05, 0) is 48.5 Å². The van der Waals surface area contributed by atoms with Crippen LogP contribution < -0.4 is 14.8 Å². The summed E-state index contributed by atoms with van der Waals surface area (Å²) in [7, 11) is 3.16. The molecule has 0 saturated carbocycles. The maximum absolute atomic E-state index is 9.88. The highest BCUT2D eigenvalue weighted by Gasteiger charge is 2.15. The second-order valence-electron chi connectivity index (χ2n) is 6.26. The second-order valence-corrected chi connectivity index (χ2v) is 6.26. The molecule has 0 saturated heterocycles. The molecule has 0 amide bonds. The zero-order chi connectivity index (χ0) is 20.2. The normalized spacial score (nSPS) is 10.4. The van der Waals surface area contributed by atoms with Gasteiger partial charge in [-0.3, -0.25) is 9.97 Å². The summed E-state index contributed by atoms with van der Waals surface area (Å²) in [4.78, 5) is 8.83. The van der Waals surface area contributed by atoms with Gasteiger partial charge in [0.25, 0.3) is 0 Å². The fraction of sp³-hybridized carbons (Fsp3) is 0.0870. The first-order valence-electron chi connectivity index (χ1n) is 8.97. The number of benzene rings is 2. The molecule has 2 aromatic carbocycles. The largest absolute Gasteiger partial charge is 0.493 e. The minimum absolute atomic E-state index is 0.445. The Labute approximate surface area is 168 Å². The summed E-state index contributed by atoms with van der Waals surface area (Å²) in [5.41, 5.74) is 4.20. The third kappa shape index (κ3) is 3.42. The van der Waals surface area contributed by atoms with Crippen molar-refractivity contribution in [3.8, 4) is 28.8 Å². The van der Waals surface area contributed by atoms with E-state index in [-0.39, 0.29) is 0 Å². The van der Waals surface area contributed by atoms with Crippen LogP contribution in [0.2, 0.25) is 0 Å². The molecule has 0 aliphatic rings. The van der Waals surface area contributed by atoms with Gasteiger partial charge in [0, 0.05) is 29.0 Å². The molecule has 0 aliphatic heterocycles. The molecule has 29 heavy (non-hydrogen) atoms. The fourth-order valence-electron chi connectivity index (χ4n) is 3.24. The van der Waals surface area contributed by atoms with Crippen LogP contribution in [0.4, 0.5) is 11.4 Å². The van der Waals surface area contributed by atoms with Crippen LogP contribution in [0.1, 0.15) is 5.56 Å². The lowest BCUT2D eigenvalue weighted by Crippen LogP contribution is -1.99. The van der Waals surface area contributed by atoms with Crippen LogP contribution in [-0.4, -0.2) is 24.2 Å². The Morgan fingerprint density at radius 3 is 2.52 bits per heavy atom. The first-order chi connectivity index (χ1) is 14.2. The lowest BCUT2D eigenvalue weighted by Gasteiger charge is -2.14. The van der Waals surface area contributed by atoms with E-state index in [1.165, 1.54) is 0 Å². The number of aromatic nitrogens is 2. The Morgan fingerprint density at radius 1 is 0.862 bits per heavy atom. The number of nitriles is 1. The van der Waals surface area contributed by atoms with Crippen LogP contribution >= 0.6 is 0 Å². The highest BCUT2D eigenvalue weighted by molar-refractivity contribution is 5.94. The predicted molar refractivity (Wildman–Crippen MR) is 113 cm³/mol. The zero-order valence-corrected chi connectivity index (χ0v) is 16.0. The summed E-state index contributed by atoms with van der Waals surface area (Å²) in [6.45, 7) is 0. The quantitative estimate of drug-likeness (QED) is 0.527. The van der Waals surface area contributed by atoms with E-state index in [1.54, 1.807) is 38.7 Å². The molecular weight excluding hydrogens is 364 g/mol. The smallest absolute Gasteiger partial charge is 0.161 e. The third-order valence-corrected chi connectivity index (χ3v) is 4.63. The van der Waals surface area contributed by atoms with Gasteiger partial charge in [-0.15, -0.1) is 0 Å². The number of rotatable bonds is 5. The molecule has 0 atom stereocenters. The minimum Gasteiger partial charge on any atom is -0.493 e. The molecule has 6 nitrogen and oxygen atoms in total. The summed E-state index contributed by atoms with van der Waals surface area (Å²) in [6.07, 6.45) is 3.44. The lowest BCUT2D eigenvalue weighted by atomic mass is 10.0. The van der Waals surface area contributed by atoms with E-state index in [0.717, 1.165) is 22.2 Å². The predicted octanol–water partition coefficient (Wildman–Crippen LogP) is 4.93. The summed E-state index contributed by atoms with van der Waals surface area (Å²) in [5.74, 6) is 1.20. The lowest BCUT2D eigenvalue weighted by molar-refractivity contribution is 0.355. The maximum Gasteiger partial charge on any atom is 0.161 e. The number of ether oxygens (including phenoxy) is 2. The van der Waals surface area contributed by atoms with Gasteiger partial charge in [-0.25, -0.2) is 0 Å². The molecule has 2 heterocycles. The van der Waals surface area contributed by atoms with Crippen LogP contribution in [0.5, 0.6) is 11.5 Å². The van der Waals surface area contributed by atoms with Crippen molar-refractivity contribution in [2.24, 2.45) is 0 Å². The molecule has 0 unspecified atom stereocenters. The molecule has 0 bridgehead atoms. The van der Waals surface area contributed by atoms with Crippen molar-refractivity contribution in [3.05, 3.63) is 72.6 Å². The number of methoxy groups -OCH3 is 2. The molecule has 6 heteroatoms. The van der Waals surface area contributed by atoms with Gasteiger partial charge in [0.1, 0.15) is 11.6 Å².